The Labute approximate surface area is 173 Å². The highest BCUT2D eigenvalue weighted by Crippen LogP contribution is 2.25. The van der Waals surface area contributed by atoms with Gasteiger partial charge in [0.05, 0.1) is 6.10 Å². The molecule has 3 nitrogen and oxygen atoms in total. The molecular weight excluding hydrogens is 356 g/mol. The maximum Gasteiger partial charge on any atom is 0.131 e. The Hall–Kier alpha value is -3.04. The van der Waals surface area contributed by atoms with Gasteiger partial charge < -0.3 is 5.11 Å². The van der Waals surface area contributed by atoms with E-state index >= 15 is 0 Å². The first-order chi connectivity index (χ1) is 14.2. The lowest BCUT2D eigenvalue weighted by Gasteiger charge is -2.06. The minimum absolute atomic E-state index is 0.210. The lowest BCUT2D eigenvalue weighted by atomic mass is 10.0. The van der Waals surface area contributed by atoms with Crippen molar-refractivity contribution in [3.63, 3.8) is 0 Å². The van der Waals surface area contributed by atoms with Crippen LogP contribution in [0, 0.1) is 0 Å². The molecule has 0 aliphatic carbocycles. The molecule has 1 aromatic heterocycles. The number of aromatic nitrogens is 2. The van der Waals surface area contributed by atoms with Crippen LogP contribution in [-0.2, 0) is 6.42 Å². The van der Waals surface area contributed by atoms with E-state index in [-0.39, 0.29) is 6.10 Å². The van der Waals surface area contributed by atoms with Gasteiger partial charge in [-0.15, -0.1) is 6.58 Å². The van der Waals surface area contributed by atoms with Crippen LogP contribution in [0.15, 0.2) is 79.7 Å². The molecule has 1 atom stereocenters. The second-order valence-electron chi connectivity index (χ2n) is 7.26. The molecule has 1 heterocycles. The number of nitrogens with zero attached hydrogens (tertiary/aromatic N) is 2. The van der Waals surface area contributed by atoms with Gasteiger partial charge in [-0.2, -0.15) is 0 Å². The summed E-state index contributed by atoms with van der Waals surface area (Å²) in [4.78, 5) is 8.76. The molecule has 3 rings (SSSR count). The van der Waals surface area contributed by atoms with Crippen molar-refractivity contribution in [3.05, 3.63) is 91.0 Å². The summed E-state index contributed by atoms with van der Waals surface area (Å²) < 4.78 is 0. The summed E-state index contributed by atoms with van der Waals surface area (Å²) in [5.74, 6) is 0.789. The van der Waals surface area contributed by atoms with E-state index in [2.05, 4.69) is 77.2 Å². The summed E-state index contributed by atoms with van der Waals surface area (Å²) in [5.41, 5.74) is 5.70. The number of hydrogen-bond donors (Lipinski definition) is 1. The van der Waals surface area contributed by atoms with E-state index in [9.17, 15) is 5.11 Å². The standard InChI is InChI=1S/C26H28N2O/c1-3-7-26-27-18-25(19-28-26)24-16-14-23(15-17-24)22-12-10-21(11-13-22)9-6-4-5-8-20(2)29/h3,6,9-20,29H,1,4-5,7-8H2,2H3. The second-order valence-corrected chi connectivity index (χ2v) is 7.26. The number of aliphatic hydroxyl groups is 1. The van der Waals surface area contributed by atoms with Crippen molar-refractivity contribution in [2.75, 3.05) is 0 Å². The molecule has 0 bridgehead atoms. The maximum atomic E-state index is 9.29. The van der Waals surface area contributed by atoms with Gasteiger partial charge >= 0.3 is 0 Å². The van der Waals surface area contributed by atoms with Gasteiger partial charge in [0.15, 0.2) is 0 Å². The quantitative estimate of drug-likeness (QED) is 0.358. The number of rotatable bonds is 9. The zero-order valence-corrected chi connectivity index (χ0v) is 17.0. The average Bonchev–Trinajstić information content (AvgIpc) is 2.75. The van der Waals surface area contributed by atoms with E-state index in [4.69, 9.17) is 0 Å². The highest BCUT2D eigenvalue weighted by molar-refractivity contribution is 5.70. The number of benzene rings is 2. The third-order valence-electron chi connectivity index (χ3n) is 4.80. The highest BCUT2D eigenvalue weighted by atomic mass is 16.3. The molecular formula is C26H28N2O. The third-order valence-corrected chi connectivity index (χ3v) is 4.80. The largest absolute Gasteiger partial charge is 0.393 e. The van der Waals surface area contributed by atoms with E-state index in [1.54, 1.807) is 0 Å². The Balaban J connectivity index is 1.62. The molecule has 0 spiro atoms. The van der Waals surface area contributed by atoms with Gasteiger partial charge in [-0.25, -0.2) is 9.97 Å². The summed E-state index contributed by atoms with van der Waals surface area (Å²) >= 11 is 0. The van der Waals surface area contributed by atoms with E-state index in [1.807, 2.05) is 25.4 Å². The van der Waals surface area contributed by atoms with Crippen LogP contribution < -0.4 is 0 Å². The Morgan fingerprint density at radius 2 is 1.45 bits per heavy atom. The normalized spacial score (nSPS) is 12.2. The second kappa shape index (κ2) is 10.5. The molecule has 3 heteroatoms. The van der Waals surface area contributed by atoms with Gasteiger partial charge in [0.2, 0.25) is 0 Å². The van der Waals surface area contributed by atoms with Crippen LogP contribution in [0.2, 0.25) is 0 Å². The first-order valence-corrected chi connectivity index (χ1v) is 10.1. The highest BCUT2D eigenvalue weighted by Gasteiger charge is 2.02. The molecule has 2 aromatic carbocycles. The first-order valence-electron chi connectivity index (χ1n) is 10.1. The zero-order valence-electron chi connectivity index (χ0n) is 17.0. The SMILES string of the molecule is C=CCc1ncc(-c2ccc(-c3ccc(C=CCCCC(C)O)cc3)cc2)cn1. The monoisotopic (exact) mass is 384 g/mol. The van der Waals surface area contributed by atoms with Crippen LogP contribution in [0.3, 0.4) is 0 Å². The molecule has 29 heavy (non-hydrogen) atoms. The summed E-state index contributed by atoms with van der Waals surface area (Å²) in [7, 11) is 0. The van der Waals surface area contributed by atoms with Crippen molar-refractivity contribution in [1.29, 1.82) is 0 Å². The molecule has 148 valence electrons. The molecule has 0 fully saturated rings. The molecule has 0 saturated heterocycles. The lowest BCUT2D eigenvalue weighted by Crippen LogP contribution is -1.97. The van der Waals surface area contributed by atoms with Crippen LogP contribution in [0.4, 0.5) is 0 Å². The van der Waals surface area contributed by atoms with Crippen LogP contribution in [0.25, 0.3) is 28.3 Å². The molecule has 1 N–H and O–H groups in total. The predicted octanol–water partition coefficient (Wildman–Crippen LogP) is 6.10. The summed E-state index contributed by atoms with van der Waals surface area (Å²) in [5, 5.41) is 9.29. The van der Waals surface area contributed by atoms with Crippen molar-refractivity contribution in [3.8, 4) is 22.3 Å². The molecule has 0 radical (unpaired) electrons. The number of hydrogen-bond acceptors (Lipinski definition) is 3. The molecule has 0 aliphatic heterocycles. The molecule has 0 aliphatic rings. The lowest BCUT2D eigenvalue weighted by molar-refractivity contribution is 0.182. The Kier molecular flexibility index (Phi) is 7.48. The number of aliphatic hydroxyl groups excluding tert-OH is 1. The van der Waals surface area contributed by atoms with Gasteiger partial charge in [0, 0.05) is 24.4 Å². The Bertz CT molecular complexity index is 924. The number of allylic oxidation sites excluding steroid dienone is 2. The maximum absolute atomic E-state index is 9.29. The van der Waals surface area contributed by atoms with Gasteiger partial charge in [0.1, 0.15) is 5.82 Å². The van der Waals surface area contributed by atoms with Crippen molar-refractivity contribution in [2.24, 2.45) is 0 Å². The fraction of sp³-hybridized carbons (Fsp3) is 0.231. The molecule has 3 aromatic rings. The van der Waals surface area contributed by atoms with Crippen molar-refractivity contribution < 1.29 is 5.11 Å². The van der Waals surface area contributed by atoms with Crippen LogP contribution in [0.1, 0.15) is 37.6 Å². The summed E-state index contributed by atoms with van der Waals surface area (Å²) in [6.07, 6.45) is 13.2. The van der Waals surface area contributed by atoms with Gasteiger partial charge in [-0.05, 0) is 48.4 Å². The minimum atomic E-state index is -0.210. The van der Waals surface area contributed by atoms with Crippen molar-refractivity contribution in [2.45, 2.75) is 38.7 Å². The van der Waals surface area contributed by atoms with Gasteiger partial charge in [-0.1, -0.05) is 66.8 Å². The van der Waals surface area contributed by atoms with Crippen molar-refractivity contribution in [1.82, 2.24) is 9.97 Å². The minimum Gasteiger partial charge on any atom is -0.393 e. The van der Waals surface area contributed by atoms with E-state index in [0.717, 1.165) is 36.2 Å². The van der Waals surface area contributed by atoms with Crippen LogP contribution in [-0.4, -0.2) is 21.2 Å². The first kappa shape index (κ1) is 20.7. The topological polar surface area (TPSA) is 46.0 Å². The number of unbranched alkanes of at least 4 members (excludes halogenated alkanes) is 1. The van der Waals surface area contributed by atoms with Gasteiger partial charge in [-0.3, -0.25) is 0 Å². The third kappa shape index (κ3) is 6.23. The predicted molar refractivity (Wildman–Crippen MR) is 121 cm³/mol. The van der Waals surface area contributed by atoms with Crippen molar-refractivity contribution >= 4 is 6.08 Å². The Morgan fingerprint density at radius 1 is 0.897 bits per heavy atom. The summed E-state index contributed by atoms with van der Waals surface area (Å²) in [6.45, 7) is 5.55. The van der Waals surface area contributed by atoms with E-state index in [0.29, 0.717) is 6.42 Å². The van der Waals surface area contributed by atoms with Crippen LogP contribution in [0.5, 0.6) is 0 Å². The fourth-order valence-electron chi connectivity index (χ4n) is 3.13. The zero-order chi connectivity index (χ0) is 20.5. The van der Waals surface area contributed by atoms with E-state index < -0.39 is 0 Å². The molecule has 0 amide bonds. The average molecular weight is 385 g/mol. The molecule has 0 saturated carbocycles. The summed E-state index contributed by atoms with van der Waals surface area (Å²) in [6, 6.07) is 17.1. The van der Waals surface area contributed by atoms with Gasteiger partial charge in [0.25, 0.3) is 0 Å². The van der Waals surface area contributed by atoms with E-state index in [1.165, 1.54) is 16.7 Å². The molecule has 1 unspecified atom stereocenters. The smallest absolute Gasteiger partial charge is 0.131 e. The fourth-order valence-corrected chi connectivity index (χ4v) is 3.13. The van der Waals surface area contributed by atoms with Crippen LogP contribution >= 0.6 is 0 Å². The Morgan fingerprint density at radius 3 is 2.00 bits per heavy atom.